The van der Waals surface area contributed by atoms with E-state index in [0.29, 0.717) is 24.3 Å². The summed E-state index contributed by atoms with van der Waals surface area (Å²) in [5, 5.41) is 25.3. The first-order chi connectivity index (χ1) is 10.9. The zero-order valence-corrected chi connectivity index (χ0v) is 13.2. The fraction of sp³-hybridized carbons (Fsp3) is 0.438. The number of rotatable bonds is 7. The number of H-pyrrole nitrogens is 1. The second kappa shape index (κ2) is 7.16. The highest BCUT2D eigenvalue weighted by Gasteiger charge is 2.25. The molecule has 2 aromatic rings. The number of halogens is 2. The fourth-order valence-corrected chi connectivity index (χ4v) is 2.53. The molecule has 0 aliphatic rings. The number of aromatic nitrogens is 2. The number of benzene rings is 1. The summed E-state index contributed by atoms with van der Waals surface area (Å²) in [4.78, 5) is 1.86. The van der Waals surface area contributed by atoms with E-state index < -0.39 is 17.0 Å². The van der Waals surface area contributed by atoms with Crippen LogP contribution in [0.1, 0.15) is 12.5 Å². The summed E-state index contributed by atoms with van der Waals surface area (Å²) in [6.45, 7) is 2.23. The maximum atomic E-state index is 13.9. The molecule has 1 aromatic carbocycles. The third-order valence-corrected chi connectivity index (χ3v) is 3.79. The minimum Gasteiger partial charge on any atom is -0.396 e. The second-order valence-electron chi connectivity index (χ2n) is 6.17. The maximum Gasteiger partial charge on any atom is 0.135 e. The van der Waals surface area contributed by atoms with Crippen LogP contribution < -0.4 is 0 Å². The largest absolute Gasteiger partial charge is 0.396 e. The van der Waals surface area contributed by atoms with Crippen LogP contribution in [-0.2, 0) is 6.54 Å². The fourth-order valence-electron chi connectivity index (χ4n) is 2.53. The van der Waals surface area contributed by atoms with Gasteiger partial charge in [-0.15, -0.1) is 0 Å². The molecular formula is C16H21F2N3O2. The highest BCUT2D eigenvalue weighted by molar-refractivity contribution is 5.64. The van der Waals surface area contributed by atoms with Crippen molar-refractivity contribution in [1.82, 2.24) is 15.1 Å². The lowest BCUT2D eigenvalue weighted by molar-refractivity contribution is 0.0402. The van der Waals surface area contributed by atoms with Crippen LogP contribution in [0.2, 0.25) is 0 Å². The van der Waals surface area contributed by atoms with Gasteiger partial charge in [-0.05, 0) is 19.2 Å². The topological polar surface area (TPSA) is 72.4 Å². The Kier molecular flexibility index (Phi) is 5.46. The summed E-state index contributed by atoms with van der Waals surface area (Å²) in [5.41, 5.74) is 0.138. The van der Waals surface area contributed by atoms with Gasteiger partial charge in [0.25, 0.3) is 0 Å². The molecule has 0 aliphatic heterocycles. The molecule has 0 saturated heterocycles. The molecule has 0 saturated carbocycles. The number of hydrogen-bond acceptors (Lipinski definition) is 4. The van der Waals surface area contributed by atoms with Crippen LogP contribution in [0.4, 0.5) is 8.78 Å². The molecule has 7 heteroatoms. The Balaban J connectivity index is 2.22. The van der Waals surface area contributed by atoms with Gasteiger partial charge in [0, 0.05) is 24.1 Å². The van der Waals surface area contributed by atoms with Gasteiger partial charge >= 0.3 is 0 Å². The SMILES string of the molecule is CN(Cc1cn[nH]c1-c1c(F)cccc1F)CC(C)(CO)CO. The molecule has 0 unspecified atom stereocenters. The molecule has 1 aromatic heterocycles. The Morgan fingerprint density at radius 3 is 2.39 bits per heavy atom. The van der Waals surface area contributed by atoms with Crippen molar-refractivity contribution >= 4 is 0 Å². The van der Waals surface area contributed by atoms with E-state index in [1.807, 2.05) is 4.90 Å². The normalized spacial score (nSPS) is 12.1. The smallest absolute Gasteiger partial charge is 0.135 e. The Morgan fingerprint density at radius 2 is 1.83 bits per heavy atom. The summed E-state index contributed by atoms with van der Waals surface area (Å²) < 4.78 is 27.9. The van der Waals surface area contributed by atoms with Gasteiger partial charge in [-0.3, -0.25) is 5.10 Å². The van der Waals surface area contributed by atoms with Crippen molar-refractivity contribution < 1.29 is 19.0 Å². The van der Waals surface area contributed by atoms with Gasteiger partial charge in [-0.1, -0.05) is 13.0 Å². The molecule has 126 valence electrons. The molecule has 3 N–H and O–H groups in total. The van der Waals surface area contributed by atoms with Gasteiger partial charge in [0.15, 0.2) is 0 Å². The minimum absolute atomic E-state index is 0.138. The van der Waals surface area contributed by atoms with Crippen molar-refractivity contribution in [3.8, 4) is 11.3 Å². The van der Waals surface area contributed by atoms with Gasteiger partial charge in [0.1, 0.15) is 11.6 Å². The van der Waals surface area contributed by atoms with Gasteiger partial charge < -0.3 is 15.1 Å². The number of aliphatic hydroxyl groups excluding tert-OH is 2. The van der Waals surface area contributed by atoms with Crippen molar-refractivity contribution in [3.63, 3.8) is 0 Å². The molecule has 0 atom stereocenters. The number of nitrogens with zero attached hydrogens (tertiary/aromatic N) is 2. The average molecular weight is 325 g/mol. The zero-order chi connectivity index (χ0) is 17.0. The molecule has 0 spiro atoms. The Hall–Kier alpha value is -1.83. The minimum atomic E-state index is -0.659. The number of hydrogen-bond donors (Lipinski definition) is 3. The van der Waals surface area contributed by atoms with Crippen LogP contribution in [0.5, 0.6) is 0 Å². The van der Waals surface area contributed by atoms with E-state index in [4.69, 9.17) is 0 Å². The van der Waals surface area contributed by atoms with Gasteiger partial charge in [0.2, 0.25) is 0 Å². The summed E-state index contributed by atoms with van der Waals surface area (Å²) in [7, 11) is 1.80. The van der Waals surface area contributed by atoms with E-state index in [1.165, 1.54) is 24.4 Å². The first kappa shape index (κ1) is 17.5. The maximum absolute atomic E-state index is 13.9. The van der Waals surface area contributed by atoms with E-state index in [2.05, 4.69) is 10.2 Å². The Labute approximate surface area is 133 Å². The molecule has 2 rings (SSSR count). The van der Waals surface area contributed by atoms with Crippen LogP contribution in [0, 0.1) is 17.0 Å². The number of aromatic amines is 1. The van der Waals surface area contributed by atoms with Crippen molar-refractivity contribution in [1.29, 1.82) is 0 Å². The average Bonchev–Trinajstić information content (AvgIpc) is 2.94. The Bertz CT molecular complexity index is 636. The van der Waals surface area contributed by atoms with E-state index in [9.17, 15) is 19.0 Å². The van der Waals surface area contributed by atoms with Crippen LogP contribution in [0.3, 0.4) is 0 Å². The number of nitrogens with one attached hydrogen (secondary N) is 1. The van der Waals surface area contributed by atoms with Crippen molar-refractivity contribution in [3.05, 3.63) is 41.6 Å². The first-order valence-corrected chi connectivity index (χ1v) is 7.27. The van der Waals surface area contributed by atoms with Crippen LogP contribution in [0.25, 0.3) is 11.3 Å². The van der Waals surface area contributed by atoms with Gasteiger partial charge in [-0.2, -0.15) is 5.10 Å². The molecule has 0 bridgehead atoms. The molecule has 23 heavy (non-hydrogen) atoms. The molecule has 0 fully saturated rings. The lowest BCUT2D eigenvalue weighted by Gasteiger charge is -2.30. The lowest BCUT2D eigenvalue weighted by Crippen LogP contribution is -2.38. The molecule has 0 radical (unpaired) electrons. The summed E-state index contributed by atoms with van der Waals surface area (Å²) in [6.07, 6.45) is 1.52. The van der Waals surface area contributed by atoms with Gasteiger partial charge in [-0.25, -0.2) is 8.78 Å². The molecule has 1 heterocycles. The number of aliphatic hydroxyl groups is 2. The quantitative estimate of drug-likeness (QED) is 0.725. The molecular weight excluding hydrogens is 304 g/mol. The van der Waals surface area contributed by atoms with Gasteiger partial charge in [0.05, 0.1) is 30.7 Å². The summed E-state index contributed by atoms with van der Waals surface area (Å²) in [6, 6.07) is 3.70. The standard InChI is InChI=1S/C16H21F2N3O2/c1-16(9-22,10-23)8-21(2)7-11-6-19-20-15(11)14-12(17)4-3-5-13(14)18/h3-6,22-23H,7-10H2,1-2H3,(H,19,20). The summed E-state index contributed by atoms with van der Waals surface area (Å²) >= 11 is 0. The lowest BCUT2D eigenvalue weighted by atomic mass is 9.92. The molecule has 0 amide bonds. The van der Waals surface area contributed by atoms with Crippen molar-refractivity contribution in [2.45, 2.75) is 13.5 Å². The molecule has 0 aliphatic carbocycles. The van der Waals surface area contributed by atoms with Crippen LogP contribution in [0.15, 0.2) is 24.4 Å². The monoisotopic (exact) mass is 325 g/mol. The van der Waals surface area contributed by atoms with E-state index in [-0.39, 0.29) is 18.8 Å². The van der Waals surface area contributed by atoms with Crippen molar-refractivity contribution in [2.24, 2.45) is 5.41 Å². The predicted octanol–water partition coefficient (Wildman–Crippen LogP) is 1.78. The highest BCUT2D eigenvalue weighted by atomic mass is 19.1. The second-order valence-corrected chi connectivity index (χ2v) is 6.17. The summed E-state index contributed by atoms with van der Waals surface area (Å²) in [5.74, 6) is -1.32. The third kappa shape index (κ3) is 3.93. The van der Waals surface area contributed by atoms with E-state index in [0.717, 1.165) is 0 Å². The third-order valence-electron chi connectivity index (χ3n) is 3.79. The van der Waals surface area contributed by atoms with E-state index in [1.54, 1.807) is 14.0 Å². The van der Waals surface area contributed by atoms with Crippen LogP contribution >= 0.6 is 0 Å². The Morgan fingerprint density at radius 1 is 1.22 bits per heavy atom. The highest BCUT2D eigenvalue weighted by Crippen LogP contribution is 2.28. The predicted molar refractivity (Wildman–Crippen MR) is 82.6 cm³/mol. The van der Waals surface area contributed by atoms with Crippen LogP contribution in [-0.4, -0.2) is 52.1 Å². The van der Waals surface area contributed by atoms with E-state index >= 15 is 0 Å². The first-order valence-electron chi connectivity index (χ1n) is 7.27. The van der Waals surface area contributed by atoms with Crippen molar-refractivity contribution in [2.75, 3.05) is 26.8 Å². The molecule has 5 nitrogen and oxygen atoms in total. The zero-order valence-electron chi connectivity index (χ0n) is 13.2.